The highest BCUT2D eigenvalue weighted by atomic mass is 32.2. The van der Waals surface area contributed by atoms with Crippen molar-refractivity contribution in [3.63, 3.8) is 0 Å². The Morgan fingerprint density at radius 2 is 1.76 bits per heavy atom. The summed E-state index contributed by atoms with van der Waals surface area (Å²) < 4.78 is 38.2. The molecule has 0 unspecified atom stereocenters. The topological polar surface area (TPSA) is 84.9 Å². The molecule has 2 aromatic rings. The highest BCUT2D eigenvalue weighted by Gasteiger charge is 2.27. The summed E-state index contributed by atoms with van der Waals surface area (Å²) in [5, 5.41) is 2.81. The first-order valence-corrected chi connectivity index (χ1v) is 11.0. The van der Waals surface area contributed by atoms with Gasteiger partial charge in [0.25, 0.3) is 5.91 Å². The average molecular weight is 419 g/mol. The molecule has 29 heavy (non-hydrogen) atoms. The van der Waals surface area contributed by atoms with Crippen LogP contribution in [0, 0.1) is 13.8 Å². The third-order valence-corrected chi connectivity index (χ3v) is 6.49. The number of benzene rings is 2. The maximum Gasteiger partial charge on any atom is 0.255 e. The van der Waals surface area contributed by atoms with Crippen molar-refractivity contribution in [3.8, 4) is 5.75 Å². The largest absolute Gasteiger partial charge is 0.492 e. The molecular formula is C21H26N2O5S. The molecule has 1 aliphatic rings. The van der Waals surface area contributed by atoms with Gasteiger partial charge in [0.15, 0.2) is 0 Å². The Bertz CT molecular complexity index is 978. The van der Waals surface area contributed by atoms with Crippen molar-refractivity contribution in [1.29, 1.82) is 0 Å². The van der Waals surface area contributed by atoms with Gasteiger partial charge in [-0.3, -0.25) is 4.79 Å². The summed E-state index contributed by atoms with van der Waals surface area (Å²) in [7, 11) is -3.68. The van der Waals surface area contributed by atoms with Gasteiger partial charge in [0.2, 0.25) is 10.0 Å². The minimum absolute atomic E-state index is 0.110. The van der Waals surface area contributed by atoms with Crippen molar-refractivity contribution < 1.29 is 22.7 Å². The zero-order chi connectivity index (χ0) is 21.0. The number of nitrogens with one attached hydrogen (secondary N) is 1. The van der Waals surface area contributed by atoms with Crippen LogP contribution in [-0.2, 0) is 14.8 Å². The zero-order valence-electron chi connectivity index (χ0n) is 16.9. The fraction of sp³-hybridized carbons (Fsp3) is 0.381. The Balaban J connectivity index is 1.93. The Kier molecular flexibility index (Phi) is 6.56. The van der Waals surface area contributed by atoms with E-state index in [1.54, 1.807) is 18.2 Å². The second kappa shape index (κ2) is 8.94. The monoisotopic (exact) mass is 418 g/mol. The van der Waals surface area contributed by atoms with Crippen molar-refractivity contribution in [3.05, 3.63) is 53.1 Å². The molecular weight excluding hydrogens is 392 g/mol. The minimum atomic E-state index is -3.68. The van der Waals surface area contributed by atoms with E-state index >= 15 is 0 Å². The normalized spacial score (nSPS) is 15.1. The van der Waals surface area contributed by atoms with E-state index in [-0.39, 0.29) is 10.8 Å². The molecule has 0 aliphatic carbocycles. The molecule has 156 valence electrons. The number of hydrogen-bond acceptors (Lipinski definition) is 5. The van der Waals surface area contributed by atoms with Crippen LogP contribution in [0.4, 0.5) is 5.69 Å². The third kappa shape index (κ3) is 4.95. The van der Waals surface area contributed by atoms with Gasteiger partial charge < -0.3 is 14.8 Å². The molecule has 0 radical (unpaired) electrons. The number of carbonyl (C=O) groups excluding carboxylic acids is 1. The molecule has 0 bridgehead atoms. The standard InChI is InChI=1S/C21H26N2O5S/c1-4-28-20-6-5-18(29(25,26)23-7-9-27-10-8-23)14-19(20)22-21(24)17-12-15(2)11-16(3)13-17/h5-6,11-14H,4,7-10H2,1-3H3,(H,22,24). The number of ether oxygens (including phenoxy) is 2. The Labute approximate surface area is 171 Å². The van der Waals surface area contributed by atoms with E-state index in [1.165, 1.54) is 16.4 Å². The summed E-state index contributed by atoms with van der Waals surface area (Å²) in [6.07, 6.45) is 0. The molecule has 1 fully saturated rings. The van der Waals surface area contributed by atoms with Crippen LogP contribution in [-0.4, -0.2) is 51.5 Å². The number of morpholine rings is 1. The van der Waals surface area contributed by atoms with E-state index in [4.69, 9.17) is 9.47 Å². The lowest BCUT2D eigenvalue weighted by molar-refractivity contribution is 0.0730. The molecule has 0 atom stereocenters. The summed E-state index contributed by atoms with van der Waals surface area (Å²) in [4.78, 5) is 12.9. The van der Waals surface area contributed by atoms with Crippen LogP contribution in [0.2, 0.25) is 0 Å². The number of anilines is 1. The van der Waals surface area contributed by atoms with Crippen molar-refractivity contribution in [1.82, 2.24) is 4.31 Å². The fourth-order valence-electron chi connectivity index (χ4n) is 3.28. The van der Waals surface area contributed by atoms with E-state index < -0.39 is 10.0 Å². The molecule has 1 aliphatic heterocycles. The lowest BCUT2D eigenvalue weighted by atomic mass is 10.1. The van der Waals surface area contributed by atoms with Crippen molar-refractivity contribution in [2.24, 2.45) is 0 Å². The van der Waals surface area contributed by atoms with Crippen LogP contribution < -0.4 is 10.1 Å². The minimum Gasteiger partial charge on any atom is -0.492 e. The van der Waals surface area contributed by atoms with Gasteiger partial charge in [0.05, 0.1) is 30.4 Å². The van der Waals surface area contributed by atoms with Gasteiger partial charge >= 0.3 is 0 Å². The number of hydrogen-bond donors (Lipinski definition) is 1. The molecule has 1 saturated heterocycles. The number of nitrogens with zero attached hydrogens (tertiary/aromatic N) is 1. The maximum absolute atomic E-state index is 13.0. The summed E-state index contributed by atoms with van der Waals surface area (Å²) in [6.45, 7) is 7.41. The van der Waals surface area contributed by atoms with E-state index in [2.05, 4.69) is 5.32 Å². The quantitative estimate of drug-likeness (QED) is 0.780. The number of aryl methyl sites for hydroxylation is 2. The van der Waals surface area contributed by atoms with E-state index in [1.807, 2.05) is 26.8 Å². The van der Waals surface area contributed by atoms with E-state index in [0.29, 0.717) is 49.9 Å². The summed E-state index contributed by atoms with van der Waals surface area (Å²) >= 11 is 0. The molecule has 1 N–H and O–H groups in total. The van der Waals surface area contributed by atoms with Crippen LogP contribution in [0.5, 0.6) is 5.75 Å². The van der Waals surface area contributed by atoms with Gasteiger partial charge in [-0.2, -0.15) is 4.31 Å². The zero-order valence-corrected chi connectivity index (χ0v) is 17.7. The van der Waals surface area contributed by atoms with Gasteiger partial charge in [-0.15, -0.1) is 0 Å². The van der Waals surface area contributed by atoms with Gasteiger partial charge in [0, 0.05) is 18.7 Å². The third-order valence-electron chi connectivity index (χ3n) is 4.59. The molecule has 0 saturated carbocycles. The molecule has 2 aromatic carbocycles. The number of amides is 1. The van der Waals surface area contributed by atoms with E-state index in [9.17, 15) is 13.2 Å². The van der Waals surface area contributed by atoms with Crippen LogP contribution >= 0.6 is 0 Å². The first kappa shape index (κ1) is 21.3. The van der Waals surface area contributed by atoms with Crippen LogP contribution in [0.25, 0.3) is 0 Å². The number of rotatable bonds is 6. The van der Waals surface area contributed by atoms with Gasteiger partial charge in [0.1, 0.15) is 5.75 Å². The lowest BCUT2D eigenvalue weighted by Gasteiger charge is -2.26. The number of carbonyl (C=O) groups is 1. The first-order valence-electron chi connectivity index (χ1n) is 9.55. The predicted molar refractivity (Wildman–Crippen MR) is 111 cm³/mol. The smallest absolute Gasteiger partial charge is 0.255 e. The van der Waals surface area contributed by atoms with Crippen molar-refractivity contribution in [2.75, 3.05) is 38.2 Å². The van der Waals surface area contributed by atoms with Crippen LogP contribution in [0.1, 0.15) is 28.4 Å². The molecule has 3 rings (SSSR count). The summed E-state index contributed by atoms with van der Waals surface area (Å²) in [5.41, 5.74) is 2.78. The lowest BCUT2D eigenvalue weighted by Crippen LogP contribution is -2.40. The Morgan fingerprint density at radius 3 is 2.38 bits per heavy atom. The van der Waals surface area contributed by atoms with Crippen LogP contribution in [0.15, 0.2) is 41.3 Å². The van der Waals surface area contributed by atoms with Gasteiger partial charge in [-0.1, -0.05) is 17.2 Å². The molecule has 7 nitrogen and oxygen atoms in total. The summed E-state index contributed by atoms with van der Waals surface area (Å²) in [5.74, 6) is 0.102. The van der Waals surface area contributed by atoms with Gasteiger partial charge in [-0.05, 0) is 51.1 Å². The Hall–Kier alpha value is -2.42. The summed E-state index contributed by atoms with van der Waals surface area (Å²) in [6, 6.07) is 10.1. The second-order valence-corrected chi connectivity index (χ2v) is 8.88. The molecule has 8 heteroatoms. The highest BCUT2D eigenvalue weighted by molar-refractivity contribution is 7.89. The fourth-order valence-corrected chi connectivity index (χ4v) is 4.72. The molecule has 1 amide bonds. The Morgan fingerprint density at radius 1 is 1.10 bits per heavy atom. The maximum atomic E-state index is 13.0. The van der Waals surface area contributed by atoms with E-state index in [0.717, 1.165) is 11.1 Å². The molecule has 0 spiro atoms. The first-order chi connectivity index (χ1) is 13.8. The van der Waals surface area contributed by atoms with Crippen LogP contribution in [0.3, 0.4) is 0 Å². The second-order valence-electron chi connectivity index (χ2n) is 6.94. The van der Waals surface area contributed by atoms with Crippen molar-refractivity contribution in [2.45, 2.75) is 25.7 Å². The molecule has 1 heterocycles. The van der Waals surface area contributed by atoms with Crippen molar-refractivity contribution >= 4 is 21.6 Å². The predicted octanol–water partition coefficient (Wildman–Crippen LogP) is 2.98. The number of sulfonamides is 1. The average Bonchev–Trinajstić information content (AvgIpc) is 2.69. The van der Waals surface area contributed by atoms with Gasteiger partial charge in [-0.25, -0.2) is 8.42 Å². The SMILES string of the molecule is CCOc1ccc(S(=O)(=O)N2CCOCC2)cc1NC(=O)c1cc(C)cc(C)c1. The highest BCUT2D eigenvalue weighted by Crippen LogP contribution is 2.30. The molecule has 0 aromatic heterocycles.